The van der Waals surface area contributed by atoms with Crippen LogP contribution in [0.5, 0.6) is 0 Å². The number of hydrogen-bond acceptors (Lipinski definition) is 1. The minimum absolute atomic E-state index is 0.752. The first-order valence-corrected chi connectivity index (χ1v) is 6.57. The van der Waals surface area contributed by atoms with Crippen molar-refractivity contribution in [2.45, 2.75) is 13.5 Å². The van der Waals surface area contributed by atoms with Gasteiger partial charge in [-0.15, -0.1) is 0 Å². The molecule has 0 aliphatic rings. The molecule has 0 spiro atoms. The number of aryl methyl sites for hydroxylation is 1. The average molecular weight is 280 g/mol. The quantitative estimate of drug-likeness (QED) is 0.860. The van der Waals surface area contributed by atoms with Gasteiger partial charge in [0.15, 0.2) is 0 Å². The highest BCUT2D eigenvalue weighted by atomic mass is 35.5. The fourth-order valence-corrected chi connectivity index (χ4v) is 2.36. The van der Waals surface area contributed by atoms with Crippen molar-refractivity contribution in [3.05, 3.63) is 57.6 Å². The minimum Gasteiger partial charge on any atom is -0.316 e. The van der Waals surface area contributed by atoms with E-state index in [2.05, 4.69) is 11.4 Å². The van der Waals surface area contributed by atoms with Crippen LogP contribution in [-0.4, -0.2) is 7.05 Å². The summed E-state index contributed by atoms with van der Waals surface area (Å²) in [4.78, 5) is 0. The monoisotopic (exact) mass is 279 g/mol. The van der Waals surface area contributed by atoms with Crippen molar-refractivity contribution in [3.8, 4) is 11.1 Å². The second-order valence-electron chi connectivity index (χ2n) is 4.31. The largest absolute Gasteiger partial charge is 0.316 e. The number of hydrogen-bond donors (Lipinski definition) is 1. The summed E-state index contributed by atoms with van der Waals surface area (Å²) in [6.07, 6.45) is 0. The molecule has 0 aliphatic carbocycles. The van der Waals surface area contributed by atoms with Gasteiger partial charge in [-0.1, -0.05) is 47.5 Å². The number of halogens is 2. The molecule has 0 bridgehead atoms. The molecule has 94 valence electrons. The fraction of sp³-hybridized carbons (Fsp3) is 0.200. The molecule has 0 saturated heterocycles. The Hall–Kier alpha value is -1.02. The molecule has 18 heavy (non-hydrogen) atoms. The molecule has 0 atom stereocenters. The lowest BCUT2D eigenvalue weighted by Gasteiger charge is -2.08. The molecular weight excluding hydrogens is 265 g/mol. The van der Waals surface area contributed by atoms with Gasteiger partial charge in [-0.2, -0.15) is 0 Å². The zero-order chi connectivity index (χ0) is 13.1. The van der Waals surface area contributed by atoms with Crippen LogP contribution in [-0.2, 0) is 6.54 Å². The highest BCUT2D eigenvalue weighted by Crippen LogP contribution is 2.31. The second kappa shape index (κ2) is 5.75. The van der Waals surface area contributed by atoms with Crippen LogP contribution >= 0.6 is 23.2 Å². The van der Waals surface area contributed by atoms with Crippen molar-refractivity contribution in [1.29, 1.82) is 0 Å². The Morgan fingerprint density at radius 3 is 2.39 bits per heavy atom. The van der Waals surface area contributed by atoms with Crippen LogP contribution in [0.4, 0.5) is 0 Å². The maximum absolute atomic E-state index is 6.32. The molecule has 0 aromatic heterocycles. The summed E-state index contributed by atoms with van der Waals surface area (Å²) in [5.74, 6) is 0. The van der Waals surface area contributed by atoms with Gasteiger partial charge in [0.1, 0.15) is 0 Å². The van der Waals surface area contributed by atoms with Crippen molar-refractivity contribution in [1.82, 2.24) is 5.32 Å². The van der Waals surface area contributed by atoms with Crippen molar-refractivity contribution >= 4 is 23.2 Å². The van der Waals surface area contributed by atoms with E-state index in [9.17, 15) is 0 Å². The smallest absolute Gasteiger partial charge is 0.0487 e. The maximum atomic E-state index is 6.32. The first-order chi connectivity index (χ1) is 8.61. The van der Waals surface area contributed by atoms with Crippen molar-refractivity contribution in [3.63, 3.8) is 0 Å². The van der Waals surface area contributed by atoms with Crippen LogP contribution < -0.4 is 5.32 Å². The Morgan fingerprint density at radius 2 is 1.78 bits per heavy atom. The van der Waals surface area contributed by atoms with Gasteiger partial charge in [0.25, 0.3) is 0 Å². The highest BCUT2D eigenvalue weighted by molar-refractivity contribution is 6.34. The number of rotatable bonds is 3. The Kier molecular flexibility index (Phi) is 4.28. The predicted molar refractivity (Wildman–Crippen MR) is 79.4 cm³/mol. The zero-order valence-electron chi connectivity index (χ0n) is 10.4. The van der Waals surface area contributed by atoms with E-state index in [-0.39, 0.29) is 0 Å². The van der Waals surface area contributed by atoms with E-state index in [1.54, 1.807) is 0 Å². The second-order valence-corrected chi connectivity index (χ2v) is 5.12. The van der Waals surface area contributed by atoms with E-state index in [1.165, 1.54) is 5.56 Å². The molecule has 0 saturated carbocycles. The summed E-state index contributed by atoms with van der Waals surface area (Å²) < 4.78 is 0. The molecule has 3 heteroatoms. The van der Waals surface area contributed by atoms with Gasteiger partial charge in [-0.25, -0.2) is 0 Å². The van der Waals surface area contributed by atoms with Crippen LogP contribution in [0.2, 0.25) is 10.0 Å². The summed E-state index contributed by atoms with van der Waals surface area (Å²) in [5, 5.41) is 4.63. The lowest BCUT2D eigenvalue weighted by atomic mass is 10.0. The molecule has 0 radical (unpaired) electrons. The molecule has 2 aromatic carbocycles. The number of nitrogens with one attached hydrogen (secondary N) is 1. The van der Waals surface area contributed by atoms with Crippen LogP contribution in [0.1, 0.15) is 11.1 Å². The molecule has 2 rings (SSSR count). The van der Waals surface area contributed by atoms with E-state index in [4.69, 9.17) is 23.2 Å². The minimum atomic E-state index is 0.752. The van der Waals surface area contributed by atoms with E-state index < -0.39 is 0 Å². The fourth-order valence-electron chi connectivity index (χ4n) is 1.87. The summed E-state index contributed by atoms with van der Waals surface area (Å²) >= 11 is 12.5. The van der Waals surface area contributed by atoms with Gasteiger partial charge in [-0.05, 0) is 42.8 Å². The first kappa shape index (κ1) is 13.4. The third-order valence-electron chi connectivity index (χ3n) is 2.90. The Morgan fingerprint density at radius 1 is 1.00 bits per heavy atom. The van der Waals surface area contributed by atoms with Crippen molar-refractivity contribution < 1.29 is 0 Å². The van der Waals surface area contributed by atoms with Gasteiger partial charge >= 0.3 is 0 Å². The van der Waals surface area contributed by atoms with E-state index >= 15 is 0 Å². The van der Waals surface area contributed by atoms with Crippen LogP contribution in [0.15, 0.2) is 36.4 Å². The van der Waals surface area contributed by atoms with Gasteiger partial charge in [0.05, 0.1) is 0 Å². The Balaban J connectivity index is 2.41. The molecular formula is C15H15Cl2N. The third kappa shape index (κ3) is 2.86. The molecule has 1 nitrogen and oxygen atoms in total. The maximum Gasteiger partial charge on any atom is 0.0487 e. The standard InChI is InChI=1S/C15H15Cl2N/c1-10-3-5-12(8-14(10)16)13-6-4-11(9-18-2)7-15(13)17/h3-8,18H,9H2,1-2H3. The molecule has 0 heterocycles. The van der Waals surface area contributed by atoms with E-state index in [0.717, 1.165) is 33.3 Å². The van der Waals surface area contributed by atoms with E-state index in [1.807, 2.05) is 44.3 Å². The van der Waals surface area contributed by atoms with Gasteiger partial charge in [0.2, 0.25) is 0 Å². The third-order valence-corrected chi connectivity index (χ3v) is 3.62. The molecule has 2 aromatic rings. The lowest BCUT2D eigenvalue weighted by Crippen LogP contribution is -2.04. The summed E-state index contributed by atoms with van der Waals surface area (Å²) in [6, 6.07) is 12.1. The van der Waals surface area contributed by atoms with Crippen LogP contribution in [0.25, 0.3) is 11.1 Å². The average Bonchev–Trinajstić information content (AvgIpc) is 2.34. The SMILES string of the molecule is CNCc1ccc(-c2ccc(C)c(Cl)c2)c(Cl)c1. The van der Waals surface area contributed by atoms with Crippen molar-refractivity contribution in [2.75, 3.05) is 7.05 Å². The Labute approximate surface area is 118 Å². The molecule has 1 N–H and O–H groups in total. The molecule has 0 amide bonds. The predicted octanol–water partition coefficient (Wildman–Crippen LogP) is 4.69. The van der Waals surface area contributed by atoms with Gasteiger partial charge in [0, 0.05) is 22.2 Å². The summed E-state index contributed by atoms with van der Waals surface area (Å²) in [7, 11) is 1.92. The topological polar surface area (TPSA) is 12.0 Å². The lowest BCUT2D eigenvalue weighted by molar-refractivity contribution is 0.818. The Bertz CT molecular complexity index is 564. The molecule has 0 unspecified atom stereocenters. The molecule has 0 aliphatic heterocycles. The number of benzene rings is 2. The first-order valence-electron chi connectivity index (χ1n) is 5.81. The van der Waals surface area contributed by atoms with Crippen molar-refractivity contribution in [2.24, 2.45) is 0 Å². The van der Waals surface area contributed by atoms with E-state index in [0.29, 0.717) is 0 Å². The van der Waals surface area contributed by atoms with Crippen LogP contribution in [0.3, 0.4) is 0 Å². The van der Waals surface area contributed by atoms with Gasteiger partial charge < -0.3 is 5.32 Å². The normalized spacial score (nSPS) is 10.7. The highest BCUT2D eigenvalue weighted by Gasteiger charge is 2.06. The van der Waals surface area contributed by atoms with Crippen LogP contribution in [0, 0.1) is 6.92 Å². The summed E-state index contributed by atoms with van der Waals surface area (Å²) in [5.41, 5.74) is 4.30. The zero-order valence-corrected chi connectivity index (χ0v) is 11.9. The molecule has 0 fully saturated rings. The van der Waals surface area contributed by atoms with Gasteiger partial charge in [-0.3, -0.25) is 0 Å². The summed E-state index contributed by atoms with van der Waals surface area (Å²) in [6.45, 7) is 2.80.